The van der Waals surface area contributed by atoms with E-state index in [2.05, 4.69) is 45.0 Å². The molecule has 0 unspecified atom stereocenters. The molecule has 0 aliphatic carbocycles. The van der Waals surface area contributed by atoms with E-state index >= 15 is 0 Å². The molecule has 66 valence electrons. The highest BCUT2D eigenvalue weighted by Crippen LogP contribution is 2.02. The summed E-state index contributed by atoms with van der Waals surface area (Å²) < 4.78 is 2.76. The molecule has 2 rings (SSSR count). The Bertz CT molecular complexity index is 383. The summed E-state index contributed by atoms with van der Waals surface area (Å²) in [5.74, 6) is 0. The molecule has 1 aromatic heterocycles. The van der Waals surface area contributed by atoms with Gasteiger partial charge in [-0.2, -0.15) is 0 Å². The SMILES string of the molecule is [123I]c1cn(Cc2ccccc2)nn1. The first-order valence-corrected chi connectivity index (χ1v) is 5.02. The Morgan fingerprint density at radius 2 is 2.00 bits per heavy atom. The molecule has 13 heavy (non-hydrogen) atoms. The van der Waals surface area contributed by atoms with Gasteiger partial charge in [-0.25, -0.2) is 4.68 Å². The first kappa shape index (κ1) is 8.68. The summed E-state index contributed by atoms with van der Waals surface area (Å²) in [6, 6.07) is 10.2. The van der Waals surface area contributed by atoms with Crippen LogP contribution in [-0.4, -0.2) is 15.0 Å². The largest absolute Gasteiger partial charge is 0.247 e. The van der Waals surface area contributed by atoms with Gasteiger partial charge in [0.25, 0.3) is 0 Å². The minimum Gasteiger partial charge on any atom is -0.247 e. The van der Waals surface area contributed by atoms with Gasteiger partial charge in [0.1, 0.15) is 3.70 Å². The second-order valence-electron chi connectivity index (χ2n) is 2.72. The second kappa shape index (κ2) is 3.87. The molecule has 0 atom stereocenters. The van der Waals surface area contributed by atoms with Crippen LogP contribution in [-0.2, 0) is 6.54 Å². The van der Waals surface area contributed by atoms with Gasteiger partial charge >= 0.3 is 0 Å². The van der Waals surface area contributed by atoms with Crippen LogP contribution in [0.4, 0.5) is 0 Å². The molecular formula is C9H8IN3. The molecule has 0 saturated carbocycles. The monoisotopic (exact) mass is 281 g/mol. The molecule has 0 amide bonds. The van der Waals surface area contributed by atoms with Crippen molar-refractivity contribution in [3.63, 3.8) is 0 Å². The molecule has 0 spiro atoms. The van der Waals surface area contributed by atoms with Crippen LogP contribution >= 0.6 is 22.6 Å². The first-order chi connectivity index (χ1) is 6.34. The van der Waals surface area contributed by atoms with Crippen LogP contribution < -0.4 is 0 Å². The van der Waals surface area contributed by atoms with E-state index < -0.39 is 0 Å². The maximum Gasteiger partial charge on any atom is 0.143 e. The van der Waals surface area contributed by atoms with Gasteiger partial charge in [-0.1, -0.05) is 35.5 Å². The van der Waals surface area contributed by atoms with E-state index in [0.29, 0.717) is 0 Å². The van der Waals surface area contributed by atoms with Crippen molar-refractivity contribution in [2.45, 2.75) is 6.54 Å². The Balaban J connectivity index is 2.15. The van der Waals surface area contributed by atoms with Crippen LogP contribution in [0.1, 0.15) is 5.56 Å². The number of rotatable bonds is 2. The summed E-state index contributed by atoms with van der Waals surface area (Å²) in [4.78, 5) is 0. The lowest BCUT2D eigenvalue weighted by atomic mass is 10.2. The van der Waals surface area contributed by atoms with Crippen LogP contribution in [0.5, 0.6) is 0 Å². The van der Waals surface area contributed by atoms with E-state index in [1.807, 2.05) is 29.1 Å². The molecule has 1 heterocycles. The highest BCUT2D eigenvalue weighted by molar-refractivity contribution is 14.1. The third-order valence-corrected chi connectivity index (χ3v) is 2.19. The maximum atomic E-state index is 3.97. The molecule has 0 N–H and O–H groups in total. The molecule has 0 aliphatic heterocycles. The van der Waals surface area contributed by atoms with Crippen LogP contribution in [0.25, 0.3) is 0 Å². The van der Waals surface area contributed by atoms with Crippen molar-refractivity contribution in [3.8, 4) is 0 Å². The number of hydrogen-bond acceptors (Lipinski definition) is 2. The zero-order chi connectivity index (χ0) is 9.10. The van der Waals surface area contributed by atoms with Crippen LogP contribution in [0.15, 0.2) is 36.5 Å². The van der Waals surface area contributed by atoms with Crippen molar-refractivity contribution in [1.82, 2.24) is 15.0 Å². The van der Waals surface area contributed by atoms with Crippen molar-refractivity contribution >= 4 is 22.6 Å². The summed E-state index contributed by atoms with van der Waals surface area (Å²) >= 11 is 2.15. The zero-order valence-corrected chi connectivity index (χ0v) is 9.05. The van der Waals surface area contributed by atoms with Crippen molar-refractivity contribution < 1.29 is 0 Å². The predicted octanol–water partition coefficient (Wildman–Crippen LogP) is 1.93. The van der Waals surface area contributed by atoms with Crippen molar-refractivity contribution in [3.05, 3.63) is 45.8 Å². The van der Waals surface area contributed by atoms with E-state index in [9.17, 15) is 0 Å². The van der Waals surface area contributed by atoms with Gasteiger partial charge in [-0.05, 0) is 28.2 Å². The Hall–Kier alpha value is -0.910. The summed E-state index contributed by atoms with van der Waals surface area (Å²) in [5, 5.41) is 7.88. The summed E-state index contributed by atoms with van der Waals surface area (Å²) in [5.41, 5.74) is 1.24. The molecule has 0 aliphatic rings. The fourth-order valence-electron chi connectivity index (χ4n) is 1.12. The zero-order valence-electron chi connectivity index (χ0n) is 6.89. The van der Waals surface area contributed by atoms with E-state index in [1.54, 1.807) is 0 Å². The minimum absolute atomic E-state index is 0.789. The van der Waals surface area contributed by atoms with E-state index in [4.69, 9.17) is 0 Å². The first-order valence-electron chi connectivity index (χ1n) is 3.94. The lowest BCUT2D eigenvalue weighted by Crippen LogP contribution is -1.99. The van der Waals surface area contributed by atoms with E-state index in [0.717, 1.165) is 10.2 Å². The molecule has 2 aromatic rings. The maximum absolute atomic E-state index is 3.97. The summed E-state index contributed by atoms with van der Waals surface area (Å²) in [6.07, 6.45) is 1.92. The van der Waals surface area contributed by atoms with Crippen LogP contribution in [0.2, 0.25) is 0 Å². The highest BCUT2D eigenvalue weighted by Gasteiger charge is 1.96. The van der Waals surface area contributed by atoms with E-state index in [-0.39, 0.29) is 0 Å². The average molecular weight is 281 g/mol. The van der Waals surface area contributed by atoms with Gasteiger partial charge in [0.05, 0.1) is 12.7 Å². The molecule has 0 radical (unpaired) electrons. The highest BCUT2D eigenvalue weighted by atomic mass is 123. The van der Waals surface area contributed by atoms with Crippen molar-refractivity contribution in [2.24, 2.45) is 0 Å². The Morgan fingerprint density at radius 3 is 2.62 bits per heavy atom. The van der Waals surface area contributed by atoms with Gasteiger partial charge in [-0.15, -0.1) is 5.10 Å². The topological polar surface area (TPSA) is 30.7 Å². The van der Waals surface area contributed by atoms with Gasteiger partial charge in [0, 0.05) is 0 Å². The van der Waals surface area contributed by atoms with Crippen LogP contribution in [0.3, 0.4) is 0 Å². The van der Waals surface area contributed by atoms with Gasteiger partial charge in [-0.3, -0.25) is 0 Å². The van der Waals surface area contributed by atoms with Gasteiger partial charge in [0.2, 0.25) is 0 Å². The predicted molar refractivity (Wildman–Crippen MR) is 58.3 cm³/mol. The molecule has 0 saturated heterocycles. The normalized spacial score (nSPS) is 10.2. The molecule has 0 fully saturated rings. The van der Waals surface area contributed by atoms with Crippen molar-refractivity contribution in [2.75, 3.05) is 0 Å². The molecular weight excluding hydrogens is 273 g/mol. The summed E-state index contributed by atoms with van der Waals surface area (Å²) in [7, 11) is 0. The third kappa shape index (κ3) is 2.27. The molecule has 3 nitrogen and oxygen atoms in total. The van der Waals surface area contributed by atoms with Crippen molar-refractivity contribution in [1.29, 1.82) is 0 Å². The molecule has 0 bridgehead atoms. The molecule has 1 aromatic carbocycles. The number of aromatic nitrogens is 3. The van der Waals surface area contributed by atoms with Gasteiger partial charge < -0.3 is 0 Å². The van der Waals surface area contributed by atoms with E-state index in [1.165, 1.54) is 5.56 Å². The lowest BCUT2D eigenvalue weighted by Gasteiger charge is -1.98. The number of hydrogen-bond donors (Lipinski definition) is 0. The minimum atomic E-state index is 0.789. The quantitative estimate of drug-likeness (QED) is 0.787. The fourth-order valence-corrected chi connectivity index (χ4v) is 1.54. The number of halogens is 1. The summed E-state index contributed by atoms with van der Waals surface area (Å²) in [6.45, 7) is 0.789. The Kier molecular flexibility index (Phi) is 2.58. The lowest BCUT2D eigenvalue weighted by molar-refractivity contribution is 0.649. The smallest absolute Gasteiger partial charge is 0.143 e. The Labute approximate surface area is 89.9 Å². The molecule has 4 heteroatoms. The Morgan fingerprint density at radius 1 is 1.23 bits per heavy atom. The third-order valence-electron chi connectivity index (χ3n) is 1.70. The van der Waals surface area contributed by atoms with Crippen LogP contribution in [0, 0.1) is 3.70 Å². The average Bonchev–Trinajstić information content (AvgIpc) is 2.53. The standard InChI is InChI=1S/C9H8IN3/c10-9-7-13(12-11-9)6-8-4-2-1-3-5-8/h1-5,7H,6H2/i10-4. The number of benzene rings is 1. The number of nitrogens with zero attached hydrogens (tertiary/aromatic N) is 3. The second-order valence-corrected chi connectivity index (χ2v) is 3.83. The fraction of sp³-hybridized carbons (Fsp3) is 0.111. The van der Waals surface area contributed by atoms with Gasteiger partial charge in [0.15, 0.2) is 0 Å².